The Labute approximate surface area is 79.4 Å². The van der Waals surface area contributed by atoms with E-state index in [1.54, 1.807) is 11.3 Å². The second-order valence-electron chi connectivity index (χ2n) is 2.92. The van der Waals surface area contributed by atoms with Crippen molar-refractivity contribution < 1.29 is 0 Å². The molecule has 0 atom stereocenters. The lowest BCUT2D eigenvalue weighted by Crippen LogP contribution is -2.05. The van der Waals surface area contributed by atoms with Gasteiger partial charge in [-0.25, -0.2) is 4.98 Å². The number of aromatic nitrogens is 2. The van der Waals surface area contributed by atoms with Crippen LogP contribution in [-0.2, 0) is 6.42 Å². The van der Waals surface area contributed by atoms with Crippen LogP contribution in [0.2, 0.25) is 0 Å². The molecule has 0 amide bonds. The number of thiophene rings is 1. The lowest BCUT2D eigenvalue weighted by molar-refractivity contribution is 1.15. The number of nitrogens with zero attached hydrogens (tertiary/aromatic N) is 1. The molecule has 0 saturated carbocycles. The van der Waals surface area contributed by atoms with E-state index in [0.717, 1.165) is 22.2 Å². The van der Waals surface area contributed by atoms with Crippen molar-refractivity contribution in [1.82, 2.24) is 9.97 Å². The van der Waals surface area contributed by atoms with Gasteiger partial charge in [0.1, 0.15) is 4.83 Å². The zero-order valence-corrected chi connectivity index (χ0v) is 8.36. The molecule has 0 spiro atoms. The molecule has 0 unspecified atom stereocenters. The molecular formula is C9H10N2OS. The molecule has 2 aromatic heterocycles. The lowest BCUT2D eigenvalue weighted by atomic mass is 10.2. The number of hydrogen-bond acceptors (Lipinski definition) is 3. The van der Waals surface area contributed by atoms with Gasteiger partial charge in [-0.2, -0.15) is 0 Å². The first-order chi connectivity index (χ1) is 6.24. The molecule has 0 fully saturated rings. The quantitative estimate of drug-likeness (QED) is 0.753. The van der Waals surface area contributed by atoms with Crippen LogP contribution < -0.4 is 5.56 Å². The van der Waals surface area contributed by atoms with Crippen molar-refractivity contribution in [3.05, 3.63) is 27.1 Å². The zero-order valence-electron chi connectivity index (χ0n) is 7.55. The minimum absolute atomic E-state index is 0.0292. The first-order valence-electron chi connectivity index (χ1n) is 4.19. The summed E-state index contributed by atoms with van der Waals surface area (Å²) in [6.45, 7) is 4.07. The van der Waals surface area contributed by atoms with E-state index in [4.69, 9.17) is 0 Å². The molecule has 68 valence electrons. The Kier molecular flexibility index (Phi) is 1.92. The van der Waals surface area contributed by atoms with E-state index in [0.29, 0.717) is 0 Å². The first-order valence-corrected chi connectivity index (χ1v) is 5.01. The third kappa shape index (κ3) is 1.18. The first kappa shape index (κ1) is 8.44. The Morgan fingerprint density at radius 2 is 2.38 bits per heavy atom. The number of aromatic amines is 1. The Hall–Kier alpha value is -1.16. The summed E-state index contributed by atoms with van der Waals surface area (Å²) >= 11 is 1.61. The van der Waals surface area contributed by atoms with Crippen molar-refractivity contribution in [1.29, 1.82) is 0 Å². The fraction of sp³-hybridized carbons (Fsp3) is 0.333. The minimum Gasteiger partial charge on any atom is -0.313 e. The summed E-state index contributed by atoms with van der Waals surface area (Å²) in [6.07, 6.45) is 2.42. The van der Waals surface area contributed by atoms with Gasteiger partial charge in [0, 0.05) is 4.88 Å². The molecule has 4 heteroatoms. The van der Waals surface area contributed by atoms with Gasteiger partial charge >= 0.3 is 0 Å². The number of hydrogen-bond donors (Lipinski definition) is 1. The van der Waals surface area contributed by atoms with Crippen LogP contribution in [0.1, 0.15) is 17.4 Å². The van der Waals surface area contributed by atoms with Gasteiger partial charge in [0.15, 0.2) is 0 Å². The van der Waals surface area contributed by atoms with E-state index in [-0.39, 0.29) is 5.56 Å². The topological polar surface area (TPSA) is 45.8 Å². The van der Waals surface area contributed by atoms with E-state index >= 15 is 0 Å². The molecule has 13 heavy (non-hydrogen) atoms. The predicted molar refractivity (Wildman–Crippen MR) is 54.4 cm³/mol. The molecule has 0 saturated heterocycles. The molecule has 2 heterocycles. The van der Waals surface area contributed by atoms with Crippen LogP contribution in [-0.4, -0.2) is 9.97 Å². The summed E-state index contributed by atoms with van der Waals surface area (Å²) in [5.41, 5.74) is 1.05. The van der Waals surface area contributed by atoms with Crippen LogP contribution in [0.3, 0.4) is 0 Å². The molecule has 2 aromatic rings. The van der Waals surface area contributed by atoms with Crippen molar-refractivity contribution in [2.75, 3.05) is 0 Å². The SMILES string of the molecule is CCc1sc2nc[nH]c(=O)c2c1C. The summed E-state index contributed by atoms with van der Waals surface area (Å²) in [5.74, 6) is 0. The maximum Gasteiger partial charge on any atom is 0.259 e. The molecule has 2 rings (SSSR count). The molecule has 0 radical (unpaired) electrons. The third-order valence-corrected chi connectivity index (χ3v) is 3.50. The summed E-state index contributed by atoms with van der Waals surface area (Å²) < 4.78 is 0. The molecule has 3 nitrogen and oxygen atoms in total. The molecule has 1 N–H and O–H groups in total. The van der Waals surface area contributed by atoms with Crippen LogP contribution in [0, 0.1) is 6.92 Å². The summed E-state index contributed by atoms with van der Waals surface area (Å²) in [4.78, 5) is 20.3. The van der Waals surface area contributed by atoms with Gasteiger partial charge in [-0.15, -0.1) is 11.3 Å². The zero-order chi connectivity index (χ0) is 9.42. The minimum atomic E-state index is -0.0292. The maximum atomic E-state index is 11.4. The highest BCUT2D eigenvalue weighted by atomic mass is 32.1. The fourth-order valence-corrected chi connectivity index (χ4v) is 2.55. The number of nitrogens with one attached hydrogen (secondary N) is 1. The van der Waals surface area contributed by atoms with Crippen LogP contribution >= 0.6 is 11.3 Å². The predicted octanol–water partition coefficient (Wildman–Crippen LogP) is 1.86. The largest absolute Gasteiger partial charge is 0.313 e. The number of rotatable bonds is 1. The third-order valence-electron chi connectivity index (χ3n) is 2.15. The smallest absolute Gasteiger partial charge is 0.259 e. The average Bonchev–Trinajstić information content (AvgIpc) is 2.44. The molecule has 0 aliphatic rings. The number of H-pyrrole nitrogens is 1. The second-order valence-corrected chi connectivity index (χ2v) is 4.00. The highest BCUT2D eigenvalue weighted by molar-refractivity contribution is 7.18. The van der Waals surface area contributed by atoms with E-state index in [1.807, 2.05) is 6.92 Å². The molecule has 0 aromatic carbocycles. The van der Waals surface area contributed by atoms with Crippen LogP contribution in [0.15, 0.2) is 11.1 Å². The molecular weight excluding hydrogens is 184 g/mol. The van der Waals surface area contributed by atoms with Gasteiger partial charge in [-0.05, 0) is 18.9 Å². The summed E-state index contributed by atoms with van der Waals surface area (Å²) in [5, 5.41) is 0.754. The van der Waals surface area contributed by atoms with Crippen LogP contribution in [0.25, 0.3) is 10.2 Å². The standard InChI is InChI=1S/C9H10N2OS/c1-3-6-5(2)7-8(12)10-4-11-9(7)13-6/h4H,3H2,1-2H3,(H,10,11,12). The van der Waals surface area contributed by atoms with E-state index in [2.05, 4.69) is 16.9 Å². The molecule has 0 bridgehead atoms. The normalized spacial score (nSPS) is 10.9. The van der Waals surface area contributed by atoms with Gasteiger partial charge in [-0.1, -0.05) is 6.92 Å². The van der Waals surface area contributed by atoms with Crippen LogP contribution in [0.4, 0.5) is 0 Å². The van der Waals surface area contributed by atoms with Crippen LogP contribution in [0.5, 0.6) is 0 Å². The maximum absolute atomic E-state index is 11.4. The highest BCUT2D eigenvalue weighted by Gasteiger charge is 2.10. The van der Waals surface area contributed by atoms with E-state index < -0.39 is 0 Å². The van der Waals surface area contributed by atoms with Crippen molar-refractivity contribution in [2.45, 2.75) is 20.3 Å². The van der Waals surface area contributed by atoms with Crippen molar-refractivity contribution in [3.8, 4) is 0 Å². The molecule has 0 aliphatic carbocycles. The van der Waals surface area contributed by atoms with Gasteiger partial charge in [-0.3, -0.25) is 4.79 Å². The van der Waals surface area contributed by atoms with Crippen molar-refractivity contribution in [3.63, 3.8) is 0 Å². The van der Waals surface area contributed by atoms with E-state index in [1.165, 1.54) is 11.2 Å². The Morgan fingerprint density at radius 1 is 1.62 bits per heavy atom. The van der Waals surface area contributed by atoms with Crippen molar-refractivity contribution in [2.24, 2.45) is 0 Å². The van der Waals surface area contributed by atoms with E-state index in [9.17, 15) is 4.79 Å². The summed E-state index contributed by atoms with van der Waals surface area (Å²) in [6, 6.07) is 0. The fourth-order valence-electron chi connectivity index (χ4n) is 1.46. The number of aryl methyl sites for hydroxylation is 2. The Morgan fingerprint density at radius 3 is 3.00 bits per heavy atom. The summed E-state index contributed by atoms with van der Waals surface area (Å²) in [7, 11) is 0. The lowest BCUT2D eigenvalue weighted by Gasteiger charge is -1.90. The van der Waals surface area contributed by atoms with Gasteiger partial charge in [0.05, 0.1) is 11.7 Å². The highest BCUT2D eigenvalue weighted by Crippen LogP contribution is 2.26. The van der Waals surface area contributed by atoms with Gasteiger partial charge in [0.25, 0.3) is 5.56 Å². The van der Waals surface area contributed by atoms with Gasteiger partial charge in [0.2, 0.25) is 0 Å². The van der Waals surface area contributed by atoms with Crippen molar-refractivity contribution >= 4 is 21.6 Å². The molecule has 0 aliphatic heterocycles. The number of fused-ring (bicyclic) bond motifs is 1. The van der Waals surface area contributed by atoms with Gasteiger partial charge < -0.3 is 4.98 Å². The monoisotopic (exact) mass is 194 g/mol. The average molecular weight is 194 g/mol. The Balaban J connectivity index is 2.93. The second kappa shape index (κ2) is 2.96. The Bertz CT molecular complexity index is 498.